The quantitative estimate of drug-likeness (QED) is 0.247. The van der Waals surface area contributed by atoms with Gasteiger partial charge < -0.3 is 20.4 Å². The highest BCUT2D eigenvalue weighted by atomic mass is 127. The molecule has 194 valence electrons. The van der Waals surface area contributed by atoms with E-state index < -0.39 is 6.29 Å². The number of rotatable bonds is 7. The molecule has 1 fully saturated rings. The summed E-state index contributed by atoms with van der Waals surface area (Å²) >= 11 is 8.25. The van der Waals surface area contributed by atoms with Crippen molar-refractivity contribution in [2.24, 2.45) is 5.92 Å². The number of nitrogens with one attached hydrogen (secondary N) is 3. The van der Waals surface area contributed by atoms with Gasteiger partial charge >= 0.3 is 0 Å². The first-order valence-corrected chi connectivity index (χ1v) is 13.7. The van der Waals surface area contributed by atoms with Gasteiger partial charge in [0.25, 0.3) is 5.91 Å². The minimum absolute atomic E-state index is 0.144. The lowest BCUT2D eigenvalue weighted by atomic mass is 9.99. The highest BCUT2D eigenvalue weighted by Crippen LogP contribution is 2.28. The number of nitrogens with zero attached hydrogens (tertiary/aromatic N) is 2. The molecule has 1 aromatic heterocycles. The SMILES string of the molecule is CCc1c[nH]c2cc(NC3N(I)C=C(NC(=O)C4CCOCC4)C(=O)N3Cc3ccc(Cl)cc3)ccc12. The number of hydrogen-bond acceptors (Lipinski definition) is 5. The monoisotopic (exact) mass is 633 g/mol. The Bertz CT molecular complexity index is 1320. The minimum atomic E-state index is -0.481. The normalized spacial score (nSPS) is 18.7. The average molecular weight is 634 g/mol. The van der Waals surface area contributed by atoms with Crippen molar-refractivity contribution in [3.8, 4) is 0 Å². The van der Waals surface area contributed by atoms with Crippen LogP contribution >= 0.6 is 34.5 Å². The molecule has 0 radical (unpaired) electrons. The van der Waals surface area contributed by atoms with Crippen LogP contribution in [-0.4, -0.2) is 44.3 Å². The number of anilines is 1. The number of carbonyl (C=O) groups excluding carboxylic acids is 2. The molecule has 2 aromatic carbocycles. The van der Waals surface area contributed by atoms with Gasteiger partial charge in [-0.1, -0.05) is 36.7 Å². The van der Waals surface area contributed by atoms with Crippen LogP contribution in [0.3, 0.4) is 0 Å². The van der Waals surface area contributed by atoms with Gasteiger partial charge in [-0.15, -0.1) is 0 Å². The van der Waals surface area contributed by atoms with Crippen LogP contribution in [-0.2, 0) is 27.3 Å². The number of carbonyl (C=O) groups is 2. The molecule has 1 saturated heterocycles. The fraction of sp³-hybridized carbons (Fsp3) is 0.333. The molecular weight excluding hydrogens is 605 g/mol. The van der Waals surface area contributed by atoms with Gasteiger partial charge in [-0.2, -0.15) is 0 Å². The Morgan fingerprint density at radius 2 is 1.95 bits per heavy atom. The number of halogens is 2. The van der Waals surface area contributed by atoms with Gasteiger partial charge in [0.1, 0.15) is 5.70 Å². The Morgan fingerprint density at radius 3 is 2.68 bits per heavy atom. The molecule has 3 N–H and O–H groups in total. The summed E-state index contributed by atoms with van der Waals surface area (Å²) in [6.07, 6.45) is 5.51. The topological polar surface area (TPSA) is 89.7 Å². The van der Waals surface area contributed by atoms with Crippen molar-refractivity contribution in [2.75, 3.05) is 18.5 Å². The molecule has 0 spiro atoms. The molecule has 2 aliphatic rings. The molecule has 10 heteroatoms. The van der Waals surface area contributed by atoms with Gasteiger partial charge in [-0.25, -0.2) is 0 Å². The van der Waals surface area contributed by atoms with Crippen molar-refractivity contribution < 1.29 is 14.3 Å². The fourth-order valence-corrected chi connectivity index (χ4v) is 5.57. The van der Waals surface area contributed by atoms with E-state index in [1.807, 2.05) is 39.6 Å². The standard InChI is InChI=1S/C27H29ClIN5O3/c1-2-18-14-30-23-13-21(7-8-22(18)23)31-27-33(15-17-3-5-20(28)6-4-17)26(36)24(16-34(27)29)32-25(35)19-9-11-37-12-10-19/h3-8,13-14,16,19,27,30-31H,2,9-12,15H2,1H3,(H,32,35). The number of hydrogen-bond donors (Lipinski definition) is 3. The maximum Gasteiger partial charge on any atom is 0.275 e. The van der Waals surface area contributed by atoms with Crippen molar-refractivity contribution >= 4 is 62.9 Å². The zero-order valence-corrected chi connectivity index (χ0v) is 23.4. The molecule has 2 aliphatic heterocycles. The second-order valence-corrected chi connectivity index (χ2v) is 10.8. The molecule has 0 saturated carbocycles. The van der Waals surface area contributed by atoms with E-state index in [2.05, 4.69) is 57.5 Å². The first kappa shape index (κ1) is 25.9. The molecule has 0 aliphatic carbocycles. The first-order valence-electron chi connectivity index (χ1n) is 12.4. The van der Waals surface area contributed by atoms with Crippen LogP contribution < -0.4 is 10.6 Å². The van der Waals surface area contributed by atoms with E-state index in [-0.39, 0.29) is 23.4 Å². The summed E-state index contributed by atoms with van der Waals surface area (Å²) in [6, 6.07) is 13.6. The molecule has 1 atom stereocenters. The van der Waals surface area contributed by atoms with Gasteiger partial charge in [0.15, 0.2) is 6.29 Å². The number of fused-ring (bicyclic) bond motifs is 1. The molecule has 8 nitrogen and oxygen atoms in total. The van der Waals surface area contributed by atoms with Crippen molar-refractivity contribution in [1.29, 1.82) is 0 Å². The third kappa shape index (κ3) is 5.73. The number of amides is 2. The smallest absolute Gasteiger partial charge is 0.275 e. The van der Waals surface area contributed by atoms with Crippen LogP contribution in [0.4, 0.5) is 5.69 Å². The van der Waals surface area contributed by atoms with Crippen LogP contribution in [0.25, 0.3) is 10.9 Å². The van der Waals surface area contributed by atoms with Crippen LogP contribution in [0.2, 0.25) is 5.02 Å². The minimum Gasteiger partial charge on any atom is -0.381 e. The summed E-state index contributed by atoms with van der Waals surface area (Å²) < 4.78 is 7.26. The summed E-state index contributed by atoms with van der Waals surface area (Å²) in [5.74, 6) is -0.560. The molecule has 0 bridgehead atoms. The number of aromatic amines is 1. The molecule has 5 rings (SSSR count). The third-order valence-electron chi connectivity index (χ3n) is 6.83. The van der Waals surface area contributed by atoms with Crippen LogP contribution in [0.1, 0.15) is 30.9 Å². The molecule has 37 heavy (non-hydrogen) atoms. The lowest BCUT2D eigenvalue weighted by Gasteiger charge is -2.41. The molecule has 2 amide bonds. The van der Waals surface area contributed by atoms with Crippen LogP contribution in [0, 0.1) is 5.92 Å². The van der Waals surface area contributed by atoms with E-state index >= 15 is 0 Å². The third-order valence-corrected chi connectivity index (χ3v) is 7.89. The maximum absolute atomic E-state index is 13.7. The number of ether oxygens (including phenoxy) is 1. The fourth-order valence-electron chi connectivity index (χ4n) is 4.73. The van der Waals surface area contributed by atoms with E-state index in [1.165, 1.54) is 10.9 Å². The molecule has 3 aromatic rings. The largest absolute Gasteiger partial charge is 0.381 e. The maximum atomic E-state index is 13.7. The Labute approximate surface area is 234 Å². The van der Waals surface area contributed by atoms with E-state index in [1.54, 1.807) is 11.1 Å². The Hall–Kier alpha value is -2.76. The molecule has 1 unspecified atom stereocenters. The van der Waals surface area contributed by atoms with Gasteiger partial charge in [-0.3, -0.25) is 17.6 Å². The van der Waals surface area contributed by atoms with Crippen molar-refractivity contribution in [3.63, 3.8) is 0 Å². The van der Waals surface area contributed by atoms with Gasteiger partial charge in [-0.05, 0) is 54.7 Å². The summed E-state index contributed by atoms with van der Waals surface area (Å²) in [7, 11) is 0. The lowest BCUT2D eigenvalue weighted by Crippen LogP contribution is -2.56. The number of benzene rings is 2. The predicted molar refractivity (Wildman–Crippen MR) is 153 cm³/mol. The van der Waals surface area contributed by atoms with E-state index in [0.717, 1.165) is 23.2 Å². The second kappa shape index (κ2) is 11.3. The number of aryl methyl sites for hydroxylation is 1. The Kier molecular flexibility index (Phi) is 7.92. The lowest BCUT2D eigenvalue weighted by molar-refractivity contribution is -0.135. The first-order chi connectivity index (χ1) is 17.9. The van der Waals surface area contributed by atoms with E-state index in [4.69, 9.17) is 16.3 Å². The Morgan fingerprint density at radius 1 is 1.19 bits per heavy atom. The predicted octanol–water partition coefficient (Wildman–Crippen LogP) is 5.16. The average Bonchev–Trinajstić information content (AvgIpc) is 3.33. The van der Waals surface area contributed by atoms with Crippen molar-refractivity contribution in [1.82, 2.24) is 18.3 Å². The van der Waals surface area contributed by atoms with E-state index in [9.17, 15) is 9.59 Å². The summed E-state index contributed by atoms with van der Waals surface area (Å²) in [6.45, 7) is 3.59. The Balaban J connectivity index is 1.42. The van der Waals surface area contributed by atoms with Gasteiger partial charge in [0, 0.05) is 59.7 Å². The summed E-state index contributed by atoms with van der Waals surface area (Å²) in [4.78, 5) is 31.7. The van der Waals surface area contributed by atoms with Crippen LogP contribution in [0.15, 0.2) is 60.6 Å². The highest BCUT2D eigenvalue weighted by Gasteiger charge is 2.36. The zero-order chi connectivity index (χ0) is 25.9. The summed E-state index contributed by atoms with van der Waals surface area (Å²) in [5.41, 5.74) is 4.36. The van der Waals surface area contributed by atoms with Crippen molar-refractivity contribution in [2.45, 2.75) is 39.0 Å². The molecular formula is C27H29ClIN5O3. The number of aromatic nitrogens is 1. The zero-order valence-electron chi connectivity index (χ0n) is 20.5. The van der Waals surface area contributed by atoms with Crippen LogP contribution in [0.5, 0.6) is 0 Å². The highest BCUT2D eigenvalue weighted by molar-refractivity contribution is 14.1. The van der Waals surface area contributed by atoms with Gasteiger partial charge in [0.05, 0.1) is 22.9 Å². The number of H-pyrrole nitrogens is 1. The van der Waals surface area contributed by atoms with Gasteiger partial charge in [0.2, 0.25) is 5.91 Å². The second-order valence-electron chi connectivity index (χ2n) is 9.27. The molecule has 3 heterocycles. The van der Waals surface area contributed by atoms with Crippen molar-refractivity contribution in [3.05, 3.63) is 76.7 Å². The van der Waals surface area contributed by atoms with E-state index in [0.29, 0.717) is 37.6 Å². The summed E-state index contributed by atoms with van der Waals surface area (Å²) in [5, 5.41) is 8.21.